The van der Waals surface area contributed by atoms with Crippen molar-refractivity contribution in [3.8, 4) is 5.75 Å². The highest BCUT2D eigenvalue weighted by atomic mass is 79.9. The number of benzene rings is 3. The molecule has 1 atom stereocenters. The van der Waals surface area contributed by atoms with E-state index in [1.165, 1.54) is 16.8 Å². The van der Waals surface area contributed by atoms with Crippen molar-refractivity contribution in [3.63, 3.8) is 0 Å². The topological polar surface area (TPSA) is 178 Å². The molecule has 18 heteroatoms. The van der Waals surface area contributed by atoms with Gasteiger partial charge in [0.05, 0.1) is 33.8 Å². The number of hydrogen-bond donors (Lipinski definition) is 3. The molecule has 0 spiro atoms. The van der Waals surface area contributed by atoms with Gasteiger partial charge in [0.1, 0.15) is 30.3 Å². The monoisotopic (exact) mass is 1000 g/mol. The molecule has 1 aliphatic carbocycles. The first-order valence-electron chi connectivity index (χ1n) is 23.9. The molecular weight excluding hydrogens is 945 g/mol. The predicted octanol–water partition coefficient (Wildman–Crippen LogP) is 7.03. The summed E-state index contributed by atoms with van der Waals surface area (Å²) in [5.74, 6) is 2.05. The van der Waals surface area contributed by atoms with Crippen LogP contribution in [0.5, 0.6) is 5.75 Å². The van der Waals surface area contributed by atoms with Crippen LogP contribution in [0.25, 0.3) is 11.0 Å². The number of carbonyl (C=O) groups is 3. The summed E-state index contributed by atoms with van der Waals surface area (Å²) in [5.41, 5.74) is 8.10. The van der Waals surface area contributed by atoms with Crippen molar-refractivity contribution in [1.82, 2.24) is 40.0 Å². The Kier molecular flexibility index (Phi) is 13.0. The zero-order chi connectivity index (χ0) is 47.3. The van der Waals surface area contributed by atoms with E-state index in [0.717, 1.165) is 89.2 Å². The summed E-state index contributed by atoms with van der Waals surface area (Å²) in [6.45, 7) is 13.6. The first-order chi connectivity index (χ1) is 32.8. The average molecular weight is 1000 g/mol. The Morgan fingerprint density at radius 3 is 2.41 bits per heavy atom. The number of rotatable bonds is 13. The summed E-state index contributed by atoms with van der Waals surface area (Å²) in [7, 11) is -1.08. The number of piperazine rings is 1. The minimum Gasteiger partial charge on any atom is -0.494 e. The van der Waals surface area contributed by atoms with Crippen LogP contribution in [0.15, 0.2) is 65.5 Å². The second-order valence-electron chi connectivity index (χ2n) is 19.3. The van der Waals surface area contributed by atoms with Gasteiger partial charge in [-0.3, -0.25) is 34.6 Å². The first-order valence-corrected chi connectivity index (χ1v) is 27.3. The average Bonchev–Trinajstić information content (AvgIpc) is 3.65. The molecule has 16 nitrogen and oxygen atoms in total. The maximum Gasteiger partial charge on any atom is 0.255 e. The third-order valence-corrected chi connectivity index (χ3v) is 16.8. The second kappa shape index (κ2) is 19.1. The van der Waals surface area contributed by atoms with E-state index in [1.807, 2.05) is 18.2 Å². The summed E-state index contributed by atoms with van der Waals surface area (Å²) in [5, 5.41) is 9.82. The Hall–Kier alpha value is -5.48. The van der Waals surface area contributed by atoms with Crippen LogP contribution in [0.3, 0.4) is 0 Å². The van der Waals surface area contributed by atoms with Gasteiger partial charge in [0.25, 0.3) is 5.91 Å². The van der Waals surface area contributed by atoms with Crippen molar-refractivity contribution in [1.29, 1.82) is 0 Å². The maximum absolute atomic E-state index is 13.6. The Morgan fingerprint density at radius 2 is 1.68 bits per heavy atom. The first kappa shape index (κ1) is 46.3. The lowest BCUT2D eigenvalue weighted by Crippen LogP contribution is -2.54. The lowest BCUT2D eigenvalue weighted by molar-refractivity contribution is -0.136. The van der Waals surface area contributed by atoms with E-state index in [-0.39, 0.29) is 24.1 Å². The molecule has 10 rings (SSSR count). The number of fused-ring (bicyclic) bond motifs is 2. The molecule has 356 valence electrons. The number of imide groups is 1. The normalized spacial score (nSPS) is 21.7. The van der Waals surface area contributed by atoms with Gasteiger partial charge >= 0.3 is 0 Å². The quantitative estimate of drug-likeness (QED) is 0.0809. The largest absolute Gasteiger partial charge is 0.494 e. The van der Waals surface area contributed by atoms with Gasteiger partial charge < -0.3 is 34.6 Å². The van der Waals surface area contributed by atoms with Gasteiger partial charge in [-0.15, -0.1) is 0 Å². The maximum atomic E-state index is 13.6. The Bertz CT molecular complexity index is 2820. The number of nitrogens with one attached hydrogen (secondary N) is 3. The van der Waals surface area contributed by atoms with Gasteiger partial charge in [0.2, 0.25) is 17.8 Å². The van der Waals surface area contributed by atoms with Crippen molar-refractivity contribution >= 4 is 86.0 Å². The van der Waals surface area contributed by atoms with E-state index in [0.29, 0.717) is 80.4 Å². The fourth-order valence-corrected chi connectivity index (χ4v) is 12.7. The van der Waals surface area contributed by atoms with Crippen molar-refractivity contribution in [2.75, 3.05) is 81.8 Å². The Labute approximate surface area is 405 Å². The van der Waals surface area contributed by atoms with Gasteiger partial charge in [0.15, 0.2) is 0 Å². The second-order valence-corrected chi connectivity index (χ2v) is 23.3. The van der Waals surface area contributed by atoms with E-state index in [9.17, 15) is 18.9 Å². The van der Waals surface area contributed by atoms with E-state index in [1.54, 1.807) is 43.9 Å². The number of carbonyl (C=O) groups excluding carboxylic acids is 3. The zero-order valence-corrected chi connectivity index (χ0v) is 41.6. The molecule has 1 saturated carbocycles. The van der Waals surface area contributed by atoms with Crippen molar-refractivity contribution < 1.29 is 23.7 Å². The standard InChI is InChI=1S/C50H59BrN11O5P/c1-5-31-25-40(56-50-54-27-37(51)47(58-50)55-39-9-8-38-45(53-15-14-52-38)46(39)68(3,4)66)43(67-2)26-42(31)61-16-12-35(13-17-61)60-20-18-59(19-21-60)28-30-22-33(23-30)32-6-7-36-34(24-32)29-62(49(36)65)41-10-11-44(63)57-48(41)64/h6-9,14-15,24-27,30,33,35,41H,5,10-13,16-23,28-29H2,1-4H3,(H,57,63,64)(H2,54,55,56,58). The van der Waals surface area contributed by atoms with Gasteiger partial charge in [0, 0.05) is 101 Å². The Balaban J connectivity index is 0.711. The molecule has 0 bridgehead atoms. The van der Waals surface area contributed by atoms with Crippen molar-refractivity contribution in [2.45, 2.75) is 76.4 Å². The van der Waals surface area contributed by atoms with Gasteiger partial charge in [-0.05, 0) is 121 Å². The summed E-state index contributed by atoms with van der Waals surface area (Å²) in [6.07, 6.45) is 11.0. The lowest BCUT2D eigenvalue weighted by Gasteiger charge is -2.45. The third kappa shape index (κ3) is 9.34. The molecule has 6 heterocycles. The number of nitrogens with zero attached hydrogens (tertiary/aromatic N) is 8. The van der Waals surface area contributed by atoms with E-state index < -0.39 is 13.2 Å². The summed E-state index contributed by atoms with van der Waals surface area (Å²) in [6, 6.07) is 14.3. The number of amides is 3. The number of aryl methyl sites for hydroxylation is 1. The van der Waals surface area contributed by atoms with Crippen molar-refractivity contribution in [3.05, 3.63) is 87.8 Å². The molecule has 3 amide bonds. The minimum atomic E-state index is -2.77. The molecule has 1 unspecified atom stereocenters. The number of halogens is 1. The molecule has 4 fully saturated rings. The summed E-state index contributed by atoms with van der Waals surface area (Å²) < 4.78 is 20.2. The van der Waals surface area contributed by atoms with Crippen LogP contribution in [-0.2, 0) is 27.1 Å². The van der Waals surface area contributed by atoms with Gasteiger partial charge in [-0.25, -0.2) is 4.98 Å². The highest BCUT2D eigenvalue weighted by Gasteiger charge is 2.40. The number of anilines is 5. The zero-order valence-electron chi connectivity index (χ0n) is 39.1. The van der Waals surface area contributed by atoms with E-state index in [2.05, 4.69) is 92.7 Å². The van der Waals surface area contributed by atoms with Gasteiger partial charge in [-0.2, -0.15) is 4.98 Å². The summed E-state index contributed by atoms with van der Waals surface area (Å²) in [4.78, 5) is 65.2. The van der Waals surface area contributed by atoms with Crippen LogP contribution in [0.4, 0.5) is 28.8 Å². The van der Waals surface area contributed by atoms with E-state index in [4.69, 9.17) is 9.72 Å². The summed E-state index contributed by atoms with van der Waals surface area (Å²) >= 11 is 3.61. The third-order valence-electron chi connectivity index (χ3n) is 14.7. The van der Waals surface area contributed by atoms with E-state index >= 15 is 0 Å². The van der Waals surface area contributed by atoms with Crippen molar-refractivity contribution in [2.24, 2.45) is 5.92 Å². The number of piperidine rings is 2. The number of hydrogen-bond acceptors (Lipinski definition) is 14. The molecule has 3 N–H and O–H groups in total. The molecule has 3 saturated heterocycles. The highest BCUT2D eigenvalue weighted by molar-refractivity contribution is 9.10. The fourth-order valence-electron chi connectivity index (χ4n) is 11.0. The molecule has 5 aliphatic rings. The van der Waals surface area contributed by atoms with Crippen LogP contribution < -0.4 is 30.9 Å². The van der Waals surface area contributed by atoms with Crippen LogP contribution in [0.1, 0.15) is 78.4 Å². The number of ether oxygens (including phenoxy) is 1. The number of methoxy groups -OCH3 is 1. The predicted molar refractivity (Wildman–Crippen MR) is 268 cm³/mol. The van der Waals surface area contributed by atoms with Gasteiger partial charge in [-0.1, -0.05) is 19.1 Å². The van der Waals surface area contributed by atoms with Crippen LogP contribution in [0.2, 0.25) is 0 Å². The molecule has 5 aromatic rings. The van der Waals surface area contributed by atoms with Crippen LogP contribution in [-0.4, -0.2) is 131 Å². The lowest BCUT2D eigenvalue weighted by atomic mass is 9.71. The van der Waals surface area contributed by atoms with Crippen LogP contribution in [0, 0.1) is 5.92 Å². The molecule has 68 heavy (non-hydrogen) atoms. The molecule has 4 aliphatic heterocycles. The molecule has 2 aromatic heterocycles. The van der Waals surface area contributed by atoms with Crippen LogP contribution >= 0.6 is 23.1 Å². The molecule has 0 radical (unpaired) electrons. The minimum absolute atomic E-state index is 0.112. The highest BCUT2D eigenvalue weighted by Crippen LogP contribution is 2.44. The Morgan fingerprint density at radius 1 is 0.897 bits per heavy atom. The smallest absolute Gasteiger partial charge is 0.255 e. The molecule has 3 aromatic carbocycles. The SMILES string of the molecule is CCc1cc(Nc2ncc(Br)c(Nc3ccc4nccnc4c3P(C)(C)=O)n2)c(OC)cc1N1CCC(N2CCN(CC3CC(c4ccc5c(c4)CN(C4CCC(=O)NC4=O)C5=O)C3)CC2)CC1. The number of aromatic nitrogens is 4. The molecular formula is C50H59BrN11O5P. The fraction of sp³-hybridized carbons (Fsp3) is 0.460.